The van der Waals surface area contributed by atoms with Crippen LogP contribution in [0.2, 0.25) is 0 Å². The number of aryl methyl sites for hydroxylation is 1. The number of carbonyl (C=O) groups excluding carboxylic acids is 1. The third-order valence-electron chi connectivity index (χ3n) is 7.41. The average Bonchev–Trinajstić information content (AvgIpc) is 2.95. The second-order valence-corrected chi connectivity index (χ2v) is 9.87. The molecule has 0 radical (unpaired) electrons. The molecule has 5 rings (SSSR count). The second kappa shape index (κ2) is 11.4. The first-order chi connectivity index (χ1) is 18.4. The monoisotopic (exact) mass is 523 g/mol. The van der Waals surface area contributed by atoms with E-state index in [2.05, 4.69) is 15.3 Å². The SMILES string of the molecule is COc1cc2ncnc(Nc3ccc(F)c(C)c3)c2cc1OC1CCC(N(C)C(=O)N2CCOCC2)CC1. The fourth-order valence-electron chi connectivity index (χ4n) is 5.14. The average molecular weight is 524 g/mol. The first-order valence-electron chi connectivity index (χ1n) is 13.0. The van der Waals surface area contributed by atoms with Crippen LogP contribution >= 0.6 is 0 Å². The molecule has 0 spiro atoms. The van der Waals surface area contributed by atoms with E-state index in [-0.39, 0.29) is 24.0 Å². The van der Waals surface area contributed by atoms with E-state index in [0.717, 1.165) is 36.8 Å². The van der Waals surface area contributed by atoms with Gasteiger partial charge in [-0.1, -0.05) is 0 Å². The number of amides is 2. The molecule has 38 heavy (non-hydrogen) atoms. The number of ether oxygens (including phenoxy) is 3. The summed E-state index contributed by atoms with van der Waals surface area (Å²) in [5.41, 5.74) is 1.99. The summed E-state index contributed by atoms with van der Waals surface area (Å²) in [5.74, 6) is 1.56. The van der Waals surface area contributed by atoms with E-state index in [9.17, 15) is 9.18 Å². The zero-order chi connectivity index (χ0) is 26.6. The van der Waals surface area contributed by atoms with Crippen molar-refractivity contribution in [1.29, 1.82) is 0 Å². The van der Waals surface area contributed by atoms with E-state index >= 15 is 0 Å². The number of urea groups is 1. The maximum absolute atomic E-state index is 13.7. The quantitative estimate of drug-likeness (QED) is 0.491. The number of morpholine rings is 1. The molecule has 10 heteroatoms. The molecule has 9 nitrogen and oxygen atoms in total. The van der Waals surface area contributed by atoms with Crippen LogP contribution in [0.5, 0.6) is 11.5 Å². The summed E-state index contributed by atoms with van der Waals surface area (Å²) >= 11 is 0. The number of nitrogens with one attached hydrogen (secondary N) is 1. The second-order valence-electron chi connectivity index (χ2n) is 9.87. The van der Waals surface area contributed by atoms with E-state index in [4.69, 9.17) is 14.2 Å². The van der Waals surface area contributed by atoms with E-state index in [1.807, 2.05) is 29.0 Å². The number of aromatic nitrogens is 2. The maximum Gasteiger partial charge on any atom is 0.320 e. The Hall–Kier alpha value is -3.66. The highest BCUT2D eigenvalue weighted by Crippen LogP contribution is 2.37. The molecule has 0 bridgehead atoms. The molecule has 1 saturated heterocycles. The number of rotatable bonds is 6. The Balaban J connectivity index is 1.28. The van der Waals surface area contributed by atoms with Gasteiger partial charge in [0.2, 0.25) is 0 Å². The largest absolute Gasteiger partial charge is 0.493 e. The Morgan fingerprint density at radius 2 is 1.87 bits per heavy atom. The van der Waals surface area contributed by atoms with Gasteiger partial charge in [-0.05, 0) is 62.4 Å². The first-order valence-corrected chi connectivity index (χ1v) is 13.0. The standard InChI is InChI=1S/C28H34FN5O4/c1-18-14-19(4-9-23(18)29)32-27-22-15-26(25(36-3)16-24(22)30-17-31-27)38-21-7-5-20(6-8-21)33(2)28(35)34-10-12-37-13-11-34/h4,9,14-17,20-21H,5-8,10-13H2,1-3H3,(H,30,31,32). The van der Waals surface area contributed by atoms with E-state index in [1.165, 1.54) is 12.4 Å². The molecule has 2 aromatic carbocycles. The fourth-order valence-corrected chi connectivity index (χ4v) is 5.14. The number of anilines is 2. The molecule has 1 N–H and O–H groups in total. The summed E-state index contributed by atoms with van der Waals surface area (Å²) < 4.78 is 31.2. The summed E-state index contributed by atoms with van der Waals surface area (Å²) in [4.78, 5) is 25.5. The van der Waals surface area contributed by atoms with Gasteiger partial charge in [-0.3, -0.25) is 0 Å². The third kappa shape index (κ3) is 5.60. The number of nitrogens with zero attached hydrogens (tertiary/aromatic N) is 4. The first kappa shape index (κ1) is 26.0. The van der Waals surface area contributed by atoms with Gasteiger partial charge in [0.15, 0.2) is 11.5 Å². The van der Waals surface area contributed by atoms with Crippen LogP contribution in [-0.2, 0) is 4.74 Å². The molecule has 1 saturated carbocycles. The number of fused-ring (bicyclic) bond motifs is 1. The molecule has 2 heterocycles. The Morgan fingerprint density at radius 3 is 2.58 bits per heavy atom. The fraction of sp³-hybridized carbons (Fsp3) is 0.464. The maximum atomic E-state index is 13.7. The lowest BCUT2D eigenvalue weighted by atomic mass is 9.92. The highest BCUT2D eigenvalue weighted by molar-refractivity contribution is 5.93. The molecule has 2 aliphatic rings. The Labute approximate surface area is 221 Å². The molecule has 0 atom stereocenters. The van der Waals surface area contributed by atoms with Crippen LogP contribution < -0.4 is 14.8 Å². The van der Waals surface area contributed by atoms with Crippen molar-refractivity contribution in [3.05, 3.63) is 48.0 Å². The minimum absolute atomic E-state index is 0.00489. The molecule has 202 valence electrons. The van der Waals surface area contributed by atoms with Crippen LogP contribution in [0, 0.1) is 12.7 Å². The van der Waals surface area contributed by atoms with Crippen molar-refractivity contribution in [2.75, 3.05) is 45.8 Å². The zero-order valence-corrected chi connectivity index (χ0v) is 22.1. The van der Waals surface area contributed by atoms with Crippen LogP contribution in [0.15, 0.2) is 36.7 Å². The van der Waals surface area contributed by atoms with Gasteiger partial charge in [0.05, 0.1) is 31.9 Å². The lowest BCUT2D eigenvalue weighted by molar-refractivity contribution is 0.0369. The third-order valence-corrected chi connectivity index (χ3v) is 7.41. The number of methoxy groups -OCH3 is 1. The molecule has 2 amide bonds. The number of carbonyl (C=O) groups is 1. The molecule has 1 aliphatic heterocycles. The van der Waals surface area contributed by atoms with Gasteiger partial charge in [-0.15, -0.1) is 0 Å². The van der Waals surface area contributed by atoms with E-state index in [0.29, 0.717) is 54.7 Å². The van der Waals surface area contributed by atoms with Crippen molar-refractivity contribution in [2.24, 2.45) is 0 Å². The van der Waals surface area contributed by atoms with Crippen LogP contribution in [-0.4, -0.2) is 78.4 Å². The lowest BCUT2D eigenvalue weighted by Gasteiger charge is -2.38. The smallest absolute Gasteiger partial charge is 0.320 e. The molecule has 2 fully saturated rings. The molecular formula is C28H34FN5O4. The van der Waals surface area contributed by atoms with Crippen molar-refractivity contribution in [1.82, 2.24) is 19.8 Å². The minimum atomic E-state index is -0.255. The highest BCUT2D eigenvalue weighted by Gasteiger charge is 2.30. The Kier molecular flexibility index (Phi) is 7.78. The van der Waals surface area contributed by atoms with Crippen molar-refractivity contribution in [2.45, 2.75) is 44.8 Å². The lowest BCUT2D eigenvalue weighted by Crippen LogP contribution is -2.51. The Morgan fingerprint density at radius 1 is 1.11 bits per heavy atom. The molecular weight excluding hydrogens is 489 g/mol. The normalized spacial score (nSPS) is 19.7. The predicted molar refractivity (Wildman–Crippen MR) is 143 cm³/mol. The summed E-state index contributed by atoms with van der Waals surface area (Å²) in [6, 6.07) is 8.85. The van der Waals surface area contributed by atoms with Crippen molar-refractivity contribution >= 4 is 28.4 Å². The predicted octanol–water partition coefficient (Wildman–Crippen LogP) is 4.90. The van der Waals surface area contributed by atoms with Gasteiger partial charge in [0, 0.05) is 43.3 Å². The van der Waals surface area contributed by atoms with Crippen LogP contribution in [0.1, 0.15) is 31.2 Å². The number of hydrogen-bond acceptors (Lipinski definition) is 7. The van der Waals surface area contributed by atoms with Gasteiger partial charge < -0.3 is 29.3 Å². The summed E-state index contributed by atoms with van der Waals surface area (Å²) in [6.45, 7) is 4.20. The molecule has 1 aliphatic carbocycles. The number of halogens is 1. The summed E-state index contributed by atoms with van der Waals surface area (Å²) in [6.07, 6.45) is 4.89. The van der Waals surface area contributed by atoms with Crippen molar-refractivity contribution in [3.63, 3.8) is 0 Å². The Bertz CT molecular complexity index is 1290. The number of hydrogen-bond donors (Lipinski definition) is 1. The van der Waals surface area contributed by atoms with Crippen molar-refractivity contribution < 1.29 is 23.4 Å². The van der Waals surface area contributed by atoms with Gasteiger partial charge in [0.1, 0.15) is 18.0 Å². The van der Waals surface area contributed by atoms with Gasteiger partial charge in [-0.25, -0.2) is 19.2 Å². The minimum Gasteiger partial charge on any atom is -0.493 e. The van der Waals surface area contributed by atoms with Crippen LogP contribution in [0.4, 0.5) is 20.7 Å². The van der Waals surface area contributed by atoms with E-state index < -0.39 is 0 Å². The topological polar surface area (TPSA) is 89.1 Å². The van der Waals surface area contributed by atoms with E-state index in [1.54, 1.807) is 26.2 Å². The summed E-state index contributed by atoms with van der Waals surface area (Å²) in [7, 11) is 3.51. The number of benzene rings is 2. The van der Waals surface area contributed by atoms with Crippen LogP contribution in [0.3, 0.4) is 0 Å². The van der Waals surface area contributed by atoms with Crippen LogP contribution in [0.25, 0.3) is 10.9 Å². The molecule has 1 aromatic heterocycles. The van der Waals surface area contributed by atoms with Gasteiger partial charge in [0.25, 0.3) is 0 Å². The molecule has 0 unspecified atom stereocenters. The van der Waals surface area contributed by atoms with Gasteiger partial charge in [-0.2, -0.15) is 0 Å². The zero-order valence-electron chi connectivity index (χ0n) is 22.1. The highest BCUT2D eigenvalue weighted by atomic mass is 19.1. The van der Waals surface area contributed by atoms with Gasteiger partial charge >= 0.3 is 6.03 Å². The molecule has 3 aromatic rings. The summed E-state index contributed by atoms with van der Waals surface area (Å²) in [5, 5.41) is 4.05. The van der Waals surface area contributed by atoms with Crippen molar-refractivity contribution in [3.8, 4) is 11.5 Å².